The van der Waals surface area contributed by atoms with Gasteiger partial charge in [0.1, 0.15) is 0 Å². The van der Waals surface area contributed by atoms with Crippen molar-refractivity contribution in [2.45, 2.75) is 13.8 Å². The smallest absolute Gasteiger partial charge is 0.0642 e. The van der Waals surface area contributed by atoms with Gasteiger partial charge in [-0.2, -0.15) is 0 Å². The lowest BCUT2D eigenvalue weighted by molar-refractivity contribution is 1.51. The molecule has 0 fully saturated rings. The molecular weight excluding hydrogens is 457 g/mol. The quantitative estimate of drug-likeness (QED) is 0.206. The molecule has 4 aromatic carbocycles. The molecule has 0 aliphatic heterocycles. The van der Waals surface area contributed by atoms with E-state index in [-0.39, 0.29) is 0 Å². The highest BCUT2D eigenvalue weighted by atomic mass is 32.1. The Morgan fingerprint density at radius 3 is 1.45 bits per heavy atom. The predicted octanol–water partition coefficient (Wildman–Crippen LogP) is 10.4. The normalized spacial score (nSPS) is 13.2. The number of fused-ring (bicyclic) bond motifs is 11. The maximum atomic E-state index is 2.40. The van der Waals surface area contributed by atoms with Gasteiger partial charge in [-0.05, 0) is 57.6 Å². The molecule has 0 unspecified atom stereocenters. The molecule has 2 aliphatic rings. The van der Waals surface area contributed by atoms with Gasteiger partial charge in [0.2, 0.25) is 0 Å². The Morgan fingerprint density at radius 1 is 0.485 bits per heavy atom. The minimum atomic E-state index is 1.35. The van der Waals surface area contributed by atoms with E-state index in [1.807, 2.05) is 34.0 Å². The average Bonchev–Trinajstić information content (AvgIpc) is 3.55. The van der Waals surface area contributed by atoms with Crippen LogP contribution in [0.2, 0.25) is 0 Å². The second kappa shape index (κ2) is 5.56. The number of hydrogen-bond acceptors (Lipinski definition) is 3. The standard InChI is InChI=1S/C30H16S3/c1-13-9-15-5-3-7-17-21(15)19(11-13)23-25(17)31-29-27(23)33-28-24-20-12-14(2)10-16-6-4-8-18(22(16)20)26(24)32-30(28)29/h3-12H,1-2H3. The highest BCUT2D eigenvalue weighted by Gasteiger charge is 2.32. The zero-order valence-electron chi connectivity index (χ0n) is 18.0. The molecule has 7 aromatic rings. The lowest BCUT2D eigenvalue weighted by atomic mass is 10.0. The fraction of sp³-hybridized carbons (Fsp3) is 0.0667. The van der Waals surface area contributed by atoms with Crippen molar-refractivity contribution in [1.82, 2.24) is 0 Å². The van der Waals surface area contributed by atoms with Crippen LogP contribution in [0.25, 0.3) is 83.5 Å². The molecule has 0 saturated carbocycles. The number of hydrogen-bond donors (Lipinski definition) is 0. The van der Waals surface area contributed by atoms with Crippen LogP contribution in [0.4, 0.5) is 0 Å². The molecule has 0 N–H and O–H groups in total. The van der Waals surface area contributed by atoms with Gasteiger partial charge in [0.25, 0.3) is 0 Å². The van der Waals surface area contributed by atoms with Crippen LogP contribution in [0, 0.1) is 13.8 Å². The molecule has 0 bridgehead atoms. The van der Waals surface area contributed by atoms with Gasteiger partial charge in [0.15, 0.2) is 0 Å². The van der Waals surface area contributed by atoms with Crippen molar-refractivity contribution in [2.24, 2.45) is 0 Å². The average molecular weight is 473 g/mol. The van der Waals surface area contributed by atoms with Gasteiger partial charge < -0.3 is 0 Å². The van der Waals surface area contributed by atoms with Crippen molar-refractivity contribution >= 4 is 74.4 Å². The van der Waals surface area contributed by atoms with Gasteiger partial charge >= 0.3 is 0 Å². The zero-order valence-corrected chi connectivity index (χ0v) is 20.4. The summed E-state index contributed by atoms with van der Waals surface area (Å²) in [5.41, 5.74) is 11.4. The van der Waals surface area contributed by atoms with Crippen molar-refractivity contribution < 1.29 is 0 Å². The summed E-state index contributed by atoms with van der Waals surface area (Å²) >= 11 is 6.05. The molecule has 3 heteroatoms. The second-order valence-corrected chi connectivity index (χ2v) is 12.5. The first kappa shape index (κ1) is 17.5. The summed E-state index contributed by atoms with van der Waals surface area (Å²) in [6, 6.07) is 23.1. The van der Waals surface area contributed by atoms with Crippen LogP contribution in [0.1, 0.15) is 11.1 Å². The third-order valence-electron chi connectivity index (χ3n) is 7.41. The van der Waals surface area contributed by atoms with E-state index in [4.69, 9.17) is 0 Å². The van der Waals surface area contributed by atoms with Crippen LogP contribution in [0.5, 0.6) is 0 Å². The van der Waals surface area contributed by atoms with Crippen molar-refractivity contribution in [3.8, 4) is 43.1 Å². The van der Waals surface area contributed by atoms with E-state index in [0.29, 0.717) is 0 Å². The van der Waals surface area contributed by atoms with Crippen LogP contribution in [0.15, 0.2) is 60.7 Å². The first-order valence-electron chi connectivity index (χ1n) is 11.3. The molecular formula is C30H16S3. The molecule has 2 aliphatic carbocycles. The number of thiophene rings is 3. The number of rotatable bonds is 0. The summed E-state index contributed by atoms with van der Waals surface area (Å²) in [7, 11) is 0. The van der Waals surface area contributed by atoms with Crippen molar-refractivity contribution in [3.05, 3.63) is 71.8 Å². The Morgan fingerprint density at radius 2 is 0.970 bits per heavy atom. The van der Waals surface area contributed by atoms with E-state index in [9.17, 15) is 0 Å². The maximum absolute atomic E-state index is 2.40. The molecule has 154 valence electrons. The van der Waals surface area contributed by atoms with Crippen LogP contribution in [-0.2, 0) is 0 Å². The van der Waals surface area contributed by atoms with Gasteiger partial charge in [0, 0.05) is 32.0 Å². The molecule has 9 rings (SSSR count). The summed E-state index contributed by atoms with van der Waals surface area (Å²) in [6.07, 6.45) is 0. The first-order valence-corrected chi connectivity index (χ1v) is 13.7. The van der Waals surface area contributed by atoms with Gasteiger partial charge in [-0.1, -0.05) is 60.7 Å². The van der Waals surface area contributed by atoms with Crippen LogP contribution in [-0.4, -0.2) is 0 Å². The zero-order chi connectivity index (χ0) is 21.6. The van der Waals surface area contributed by atoms with Crippen LogP contribution in [0.3, 0.4) is 0 Å². The van der Waals surface area contributed by atoms with Gasteiger partial charge in [-0.25, -0.2) is 0 Å². The molecule has 0 amide bonds. The summed E-state index contributed by atoms with van der Waals surface area (Å²) in [5.74, 6) is 0. The largest absolute Gasteiger partial charge is 0.132 e. The van der Waals surface area contributed by atoms with E-state index in [0.717, 1.165) is 0 Å². The van der Waals surface area contributed by atoms with E-state index in [2.05, 4.69) is 74.5 Å². The van der Waals surface area contributed by atoms with Crippen molar-refractivity contribution in [2.75, 3.05) is 0 Å². The van der Waals surface area contributed by atoms with E-state index < -0.39 is 0 Å². The summed E-state index contributed by atoms with van der Waals surface area (Å²) < 4.78 is 5.96. The molecule has 0 nitrogen and oxygen atoms in total. The summed E-state index contributed by atoms with van der Waals surface area (Å²) in [4.78, 5) is 2.94. The minimum Gasteiger partial charge on any atom is -0.132 e. The van der Waals surface area contributed by atoms with Crippen LogP contribution >= 0.6 is 34.0 Å². The minimum absolute atomic E-state index is 1.35. The molecule has 0 radical (unpaired) electrons. The predicted molar refractivity (Wildman–Crippen MR) is 148 cm³/mol. The maximum Gasteiger partial charge on any atom is 0.0642 e. The third kappa shape index (κ3) is 1.92. The Hall–Kier alpha value is -2.98. The fourth-order valence-electron chi connectivity index (χ4n) is 6.22. The van der Waals surface area contributed by atoms with Gasteiger partial charge in [-0.15, -0.1) is 34.0 Å². The fourth-order valence-corrected chi connectivity index (χ4v) is 10.8. The Bertz CT molecular complexity index is 1890. The highest BCUT2D eigenvalue weighted by Crippen LogP contribution is 2.63. The van der Waals surface area contributed by atoms with Crippen LogP contribution < -0.4 is 0 Å². The lowest BCUT2D eigenvalue weighted by Gasteiger charge is -2.04. The molecule has 0 saturated heterocycles. The van der Waals surface area contributed by atoms with Gasteiger partial charge in [-0.3, -0.25) is 0 Å². The van der Waals surface area contributed by atoms with E-state index in [1.165, 1.54) is 94.6 Å². The van der Waals surface area contributed by atoms with Crippen molar-refractivity contribution in [1.29, 1.82) is 0 Å². The molecule has 3 heterocycles. The van der Waals surface area contributed by atoms with Crippen molar-refractivity contribution in [3.63, 3.8) is 0 Å². The molecule has 0 atom stereocenters. The molecule has 33 heavy (non-hydrogen) atoms. The number of benzene rings is 4. The molecule has 3 aromatic heterocycles. The Balaban J connectivity index is 1.42. The topological polar surface area (TPSA) is 0 Å². The third-order valence-corrected chi connectivity index (χ3v) is 11.5. The monoisotopic (exact) mass is 472 g/mol. The molecule has 0 spiro atoms. The van der Waals surface area contributed by atoms with E-state index >= 15 is 0 Å². The highest BCUT2D eigenvalue weighted by molar-refractivity contribution is 7.41. The Labute approximate surface area is 202 Å². The van der Waals surface area contributed by atoms with E-state index in [1.54, 1.807) is 0 Å². The van der Waals surface area contributed by atoms with Gasteiger partial charge in [0.05, 0.1) is 18.8 Å². The first-order chi connectivity index (χ1) is 16.2. The summed E-state index contributed by atoms with van der Waals surface area (Å²) in [5, 5.41) is 5.63. The number of aryl methyl sites for hydroxylation is 2. The lowest BCUT2D eigenvalue weighted by Crippen LogP contribution is -1.79. The summed E-state index contributed by atoms with van der Waals surface area (Å²) in [6.45, 7) is 4.45. The second-order valence-electron chi connectivity index (χ2n) is 9.46. The SMILES string of the molecule is Cc1cc2c3c(cccc3c1)-c1sc3c(sc4c5c(sc43)-c3cccc4cc(C)cc-5c34)c1-2. The Kier molecular flexibility index (Phi) is 2.95.